The molecule has 96 valence electrons. The van der Waals surface area contributed by atoms with E-state index in [4.69, 9.17) is 8.83 Å². The maximum atomic E-state index is 11.2. The standard InChI is InChI=1S/C12H6BrNO4S/c13-10-6(3-4-17-10)9-8(12(15)16)14-11(18-9)7-2-1-5-19-7/h1-5H,(H,15,16). The molecule has 0 aliphatic heterocycles. The van der Waals surface area contributed by atoms with Crippen molar-refractivity contribution in [3.05, 3.63) is 40.2 Å². The zero-order valence-corrected chi connectivity index (χ0v) is 11.7. The van der Waals surface area contributed by atoms with E-state index in [0.29, 0.717) is 10.2 Å². The van der Waals surface area contributed by atoms with E-state index in [9.17, 15) is 9.90 Å². The monoisotopic (exact) mass is 339 g/mol. The molecule has 7 heteroatoms. The molecule has 5 nitrogen and oxygen atoms in total. The third-order valence-electron chi connectivity index (χ3n) is 2.42. The molecule has 3 heterocycles. The minimum Gasteiger partial charge on any atom is -0.476 e. The number of rotatable bonds is 3. The Hall–Kier alpha value is -1.86. The predicted octanol–water partition coefficient (Wildman–Crippen LogP) is 4.12. The van der Waals surface area contributed by atoms with Gasteiger partial charge in [0.1, 0.15) is 0 Å². The zero-order valence-electron chi connectivity index (χ0n) is 9.29. The van der Waals surface area contributed by atoms with Gasteiger partial charge in [-0.2, -0.15) is 0 Å². The van der Waals surface area contributed by atoms with Crippen molar-refractivity contribution in [2.24, 2.45) is 0 Å². The highest BCUT2D eigenvalue weighted by Gasteiger charge is 2.24. The quantitative estimate of drug-likeness (QED) is 0.776. The van der Waals surface area contributed by atoms with Gasteiger partial charge in [-0.3, -0.25) is 0 Å². The van der Waals surface area contributed by atoms with Crippen molar-refractivity contribution >= 4 is 33.2 Å². The third kappa shape index (κ3) is 2.11. The Kier molecular flexibility index (Phi) is 3.00. The van der Waals surface area contributed by atoms with E-state index in [0.717, 1.165) is 4.88 Å². The molecule has 0 unspecified atom stereocenters. The summed E-state index contributed by atoms with van der Waals surface area (Å²) in [4.78, 5) is 16.0. The van der Waals surface area contributed by atoms with Crippen LogP contribution in [0.25, 0.3) is 22.1 Å². The normalized spacial score (nSPS) is 10.8. The smallest absolute Gasteiger partial charge is 0.358 e. The van der Waals surface area contributed by atoms with Crippen LogP contribution in [0.1, 0.15) is 10.5 Å². The number of oxazole rings is 1. The van der Waals surface area contributed by atoms with Crippen LogP contribution in [0.2, 0.25) is 0 Å². The fraction of sp³-hybridized carbons (Fsp3) is 0. The van der Waals surface area contributed by atoms with Gasteiger partial charge >= 0.3 is 5.97 Å². The Labute approximate surface area is 119 Å². The van der Waals surface area contributed by atoms with Crippen molar-refractivity contribution in [2.45, 2.75) is 0 Å². The van der Waals surface area contributed by atoms with E-state index in [2.05, 4.69) is 20.9 Å². The first-order valence-corrected chi connectivity index (χ1v) is 6.85. The molecular weight excluding hydrogens is 334 g/mol. The number of nitrogens with zero attached hydrogens (tertiary/aromatic N) is 1. The van der Waals surface area contributed by atoms with Crippen LogP contribution in [0.5, 0.6) is 0 Å². The lowest BCUT2D eigenvalue weighted by Gasteiger charge is -1.93. The van der Waals surface area contributed by atoms with Crippen LogP contribution < -0.4 is 0 Å². The predicted molar refractivity (Wildman–Crippen MR) is 72.2 cm³/mol. The molecule has 0 aliphatic rings. The van der Waals surface area contributed by atoms with Crippen molar-refractivity contribution in [1.82, 2.24) is 4.98 Å². The summed E-state index contributed by atoms with van der Waals surface area (Å²) >= 11 is 4.63. The number of thiophene rings is 1. The van der Waals surface area contributed by atoms with Gasteiger partial charge in [-0.1, -0.05) is 6.07 Å². The van der Waals surface area contributed by atoms with Crippen LogP contribution in [-0.4, -0.2) is 16.1 Å². The summed E-state index contributed by atoms with van der Waals surface area (Å²) in [5.41, 5.74) is 0.387. The SMILES string of the molecule is O=C(O)c1nc(-c2cccs2)oc1-c1ccoc1Br. The van der Waals surface area contributed by atoms with E-state index in [1.54, 1.807) is 6.07 Å². The summed E-state index contributed by atoms with van der Waals surface area (Å²) in [7, 11) is 0. The Morgan fingerprint density at radius 1 is 1.42 bits per heavy atom. The lowest BCUT2D eigenvalue weighted by molar-refractivity contribution is 0.0691. The number of carboxylic acid groups (broad SMARTS) is 1. The van der Waals surface area contributed by atoms with Crippen molar-refractivity contribution in [1.29, 1.82) is 0 Å². The molecule has 19 heavy (non-hydrogen) atoms. The van der Waals surface area contributed by atoms with E-state index >= 15 is 0 Å². The van der Waals surface area contributed by atoms with Gasteiger partial charge in [0, 0.05) is 0 Å². The Morgan fingerprint density at radius 3 is 2.84 bits per heavy atom. The molecule has 3 rings (SSSR count). The van der Waals surface area contributed by atoms with Gasteiger partial charge in [-0.25, -0.2) is 9.78 Å². The van der Waals surface area contributed by atoms with Crippen molar-refractivity contribution in [2.75, 3.05) is 0 Å². The Balaban J connectivity index is 2.19. The van der Waals surface area contributed by atoms with Crippen molar-refractivity contribution in [3.8, 4) is 22.1 Å². The molecule has 0 fully saturated rings. The van der Waals surface area contributed by atoms with Crippen LogP contribution in [0.3, 0.4) is 0 Å². The highest BCUT2D eigenvalue weighted by atomic mass is 79.9. The fourth-order valence-electron chi connectivity index (χ4n) is 1.61. The van der Waals surface area contributed by atoms with Gasteiger partial charge in [0.25, 0.3) is 0 Å². The summed E-state index contributed by atoms with van der Waals surface area (Å²) in [5, 5.41) is 11.1. The number of aromatic nitrogens is 1. The van der Waals surface area contributed by atoms with Crippen LogP contribution in [-0.2, 0) is 0 Å². The Morgan fingerprint density at radius 2 is 2.26 bits per heavy atom. The van der Waals surface area contributed by atoms with E-state index in [-0.39, 0.29) is 17.3 Å². The zero-order chi connectivity index (χ0) is 13.4. The second-order valence-electron chi connectivity index (χ2n) is 3.59. The molecule has 0 aromatic carbocycles. The fourth-order valence-corrected chi connectivity index (χ4v) is 2.68. The molecule has 0 spiro atoms. The van der Waals surface area contributed by atoms with E-state index < -0.39 is 5.97 Å². The van der Waals surface area contributed by atoms with Crippen LogP contribution in [0, 0.1) is 0 Å². The summed E-state index contributed by atoms with van der Waals surface area (Å²) in [6.45, 7) is 0. The summed E-state index contributed by atoms with van der Waals surface area (Å²) < 4.78 is 11.1. The number of carbonyl (C=O) groups is 1. The molecular formula is C12H6BrNO4S. The first-order valence-electron chi connectivity index (χ1n) is 5.18. The molecule has 3 aromatic heterocycles. The van der Waals surface area contributed by atoms with Gasteiger partial charge in [0.15, 0.2) is 16.1 Å². The van der Waals surface area contributed by atoms with E-state index in [1.165, 1.54) is 17.6 Å². The lowest BCUT2D eigenvalue weighted by Crippen LogP contribution is -1.98. The Bertz CT molecular complexity index is 729. The maximum Gasteiger partial charge on any atom is 0.358 e. The second-order valence-corrected chi connectivity index (χ2v) is 5.26. The number of furan rings is 1. The molecule has 0 radical (unpaired) electrons. The van der Waals surface area contributed by atoms with Crippen LogP contribution >= 0.6 is 27.3 Å². The molecule has 0 bridgehead atoms. The number of hydrogen-bond donors (Lipinski definition) is 1. The average molecular weight is 340 g/mol. The van der Waals surface area contributed by atoms with Gasteiger partial charge in [-0.05, 0) is 33.4 Å². The summed E-state index contributed by atoms with van der Waals surface area (Å²) in [6, 6.07) is 5.28. The minimum atomic E-state index is -1.14. The number of halogens is 1. The highest BCUT2D eigenvalue weighted by molar-refractivity contribution is 9.10. The topological polar surface area (TPSA) is 76.5 Å². The largest absolute Gasteiger partial charge is 0.476 e. The number of hydrogen-bond acceptors (Lipinski definition) is 5. The third-order valence-corrected chi connectivity index (χ3v) is 3.90. The number of aromatic carboxylic acids is 1. The molecule has 0 saturated heterocycles. The van der Waals surface area contributed by atoms with Crippen LogP contribution in [0.4, 0.5) is 0 Å². The van der Waals surface area contributed by atoms with Crippen LogP contribution in [0.15, 0.2) is 43.3 Å². The maximum absolute atomic E-state index is 11.2. The highest BCUT2D eigenvalue weighted by Crippen LogP contribution is 2.35. The minimum absolute atomic E-state index is 0.134. The molecule has 0 aliphatic carbocycles. The van der Waals surface area contributed by atoms with E-state index in [1.807, 2.05) is 17.5 Å². The second kappa shape index (κ2) is 4.67. The van der Waals surface area contributed by atoms with Gasteiger partial charge in [0.05, 0.1) is 16.7 Å². The van der Waals surface area contributed by atoms with Gasteiger partial charge < -0.3 is 13.9 Å². The molecule has 0 amide bonds. The van der Waals surface area contributed by atoms with Crippen molar-refractivity contribution < 1.29 is 18.7 Å². The number of carboxylic acids is 1. The molecule has 3 aromatic rings. The van der Waals surface area contributed by atoms with Crippen molar-refractivity contribution in [3.63, 3.8) is 0 Å². The molecule has 0 saturated carbocycles. The summed E-state index contributed by atoms with van der Waals surface area (Å²) in [5.74, 6) is -0.679. The van der Waals surface area contributed by atoms with Gasteiger partial charge in [-0.15, -0.1) is 11.3 Å². The average Bonchev–Trinajstić information content (AvgIpc) is 3.07. The van der Waals surface area contributed by atoms with Gasteiger partial charge in [0.2, 0.25) is 5.89 Å². The lowest BCUT2D eigenvalue weighted by atomic mass is 10.2. The first kappa shape index (κ1) is 12.2. The molecule has 1 N–H and O–H groups in total. The first-order chi connectivity index (χ1) is 9.16. The summed E-state index contributed by atoms with van der Waals surface area (Å²) in [6.07, 6.45) is 1.44. The molecule has 0 atom stereocenters.